The molecule has 0 spiro atoms. The van der Waals surface area contributed by atoms with Crippen molar-refractivity contribution in [2.45, 2.75) is 49.7 Å². The molecule has 1 heterocycles. The largest absolute Gasteiger partial charge is 0.298 e. The van der Waals surface area contributed by atoms with E-state index in [1.165, 1.54) is 19.1 Å². The Labute approximate surface area is 127 Å². The van der Waals surface area contributed by atoms with Gasteiger partial charge in [0.1, 0.15) is 5.54 Å². The van der Waals surface area contributed by atoms with E-state index >= 15 is 0 Å². The van der Waals surface area contributed by atoms with Gasteiger partial charge in [-0.2, -0.15) is 9.57 Å². The first-order valence-corrected chi connectivity index (χ1v) is 9.65. The lowest BCUT2D eigenvalue weighted by Crippen LogP contribution is -2.52. The number of piperazine rings is 1. The maximum absolute atomic E-state index is 11.5. The molecule has 1 saturated heterocycles. The highest BCUT2D eigenvalue weighted by Gasteiger charge is 2.44. The number of nitrogens with zero attached hydrogens (tertiary/aromatic N) is 3. The van der Waals surface area contributed by atoms with E-state index in [0.717, 1.165) is 32.4 Å². The van der Waals surface area contributed by atoms with E-state index in [2.05, 4.69) is 16.3 Å². The minimum absolute atomic E-state index is 0.347. The van der Waals surface area contributed by atoms with Crippen LogP contribution < -0.4 is 5.32 Å². The van der Waals surface area contributed by atoms with Crippen molar-refractivity contribution >= 4 is 10.0 Å². The summed E-state index contributed by atoms with van der Waals surface area (Å²) in [5.74, 6) is 0. The molecule has 6 nitrogen and oxygen atoms in total. The van der Waals surface area contributed by atoms with Crippen molar-refractivity contribution in [1.82, 2.24) is 14.5 Å². The predicted octanol–water partition coefficient (Wildman–Crippen LogP) is 0.130. The first kappa shape index (κ1) is 15.2. The van der Waals surface area contributed by atoms with E-state index in [4.69, 9.17) is 0 Å². The molecule has 2 aliphatic carbocycles. The molecule has 3 fully saturated rings. The molecule has 0 aromatic rings. The third kappa shape index (κ3) is 3.39. The molecular formula is C14H24N4O2S. The molecule has 2 saturated carbocycles. The van der Waals surface area contributed by atoms with Crippen LogP contribution in [-0.2, 0) is 10.0 Å². The summed E-state index contributed by atoms with van der Waals surface area (Å²) in [6.45, 7) is 2.71. The van der Waals surface area contributed by atoms with Crippen LogP contribution in [0.5, 0.6) is 0 Å². The minimum Gasteiger partial charge on any atom is -0.298 e. The molecular weight excluding hydrogens is 288 g/mol. The van der Waals surface area contributed by atoms with E-state index < -0.39 is 10.0 Å². The molecule has 21 heavy (non-hydrogen) atoms. The monoisotopic (exact) mass is 312 g/mol. The Morgan fingerprint density at radius 3 is 2.38 bits per heavy atom. The molecule has 0 aromatic heterocycles. The Morgan fingerprint density at radius 2 is 1.86 bits per heavy atom. The quantitative estimate of drug-likeness (QED) is 0.798. The van der Waals surface area contributed by atoms with E-state index in [-0.39, 0.29) is 5.54 Å². The van der Waals surface area contributed by atoms with Gasteiger partial charge in [-0.1, -0.05) is 0 Å². The van der Waals surface area contributed by atoms with Gasteiger partial charge in [0.25, 0.3) is 0 Å². The molecule has 0 bridgehead atoms. The van der Waals surface area contributed by atoms with Gasteiger partial charge in [0.15, 0.2) is 0 Å². The first-order chi connectivity index (χ1) is 9.92. The van der Waals surface area contributed by atoms with Gasteiger partial charge in [-0.15, -0.1) is 0 Å². The smallest absolute Gasteiger partial charge is 0.211 e. The minimum atomic E-state index is -3.07. The van der Waals surface area contributed by atoms with E-state index in [9.17, 15) is 13.7 Å². The highest BCUT2D eigenvalue weighted by molar-refractivity contribution is 7.88. The summed E-state index contributed by atoms with van der Waals surface area (Å²) in [6, 6.07) is 3.47. The Morgan fingerprint density at radius 1 is 1.19 bits per heavy atom. The van der Waals surface area contributed by atoms with Crippen LogP contribution in [0.4, 0.5) is 0 Å². The van der Waals surface area contributed by atoms with Crippen LogP contribution in [-0.4, -0.2) is 67.7 Å². The maximum atomic E-state index is 11.5. The molecule has 2 atom stereocenters. The molecule has 7 heteroatoms. The second-order valence-electron chi connectivity index (χ2n) is 6.71. The Balaban J connectivity index is 1.56. The average Bonchev–Trinajstić information content (AvgIpc) is 3.15. The van der Waals surface area contributed by atoms with Crippen LogP contribution >= 0.6 is 0 Å². The lowest BCUT2D eigenvalue weighted by molar-refractivity contribution is 0.135. The van der Waals surface area contributed by atoms with Crippen molar-refractivity contribution < 1.29 is 8.42 Å². The van der Waals surface area contributed by atoms with Gasteiger partial charge < -0.3 is 0 Å². The highest BCUT2D eigenvalue weighted by Crippen LogP contribution is 2.36. The van der Waals surface area contributed by atoms with Gasteiger partial charge in [0, 0.05) is 38.3 Å². The Kier molecular flexibility index (Phi) is 3.99. The Bertz CT molecular complexity index is 532. The van der Waals surface area contributed by atoms with Crippen molar-refractivity contribution in [3.8, 4) is 6.07 Å². The molecule has 1 aliphatic heterocycles. The average molecular weight is 312 g/mol. The molecule has 3 rings (SSSR count). The van der Waals surface area contributed by atoms with Crippen LogP contribution in [0.1, 0.15) is 32.1 Å². The third-order valence-corrected chi connectivity index (χ3v) is 6.32. The number of rotatable bonds is 4. The zero-order chi connectivity index (χ0) is 15.1. The van der Waals surface area contributed by atoms with Crippen LogP contribution in [0.3, 0.4) is 0 Å². The van der Waals surface area contributed by atoms with Crippen molar-refractivity contribution in [2.24, 2.45) is 0 Å². The van der Waals surface area contributed by atoms with Crippen LogP contribution in [0.25, 0.3) is 0 Å². The molecule has 0 amide bonds. The Hall–Kier alpha value is -0.680. The normalized spacial score (nSPS) is 35.7. The topological polar surface area (TPSA) is 76.4 Å². The van der Waals surface area contributed by atoms with Gasteiger partial charge in [-0.25, -0.2) is 8.42 Å². The van der Waals surface area contributed by atoms with Crippen molar-refractivity contribution in [2.75, 3.05) is 32.4 Å². The van der Waals surface area contributed by atoms with Gasteiger partial charge in [-0.3, -0.25) is 10.2 Å². The summed E-state index contributed by atoms with van der Waals surface area (Å²) in [6.07, 6.45) is 6.49. The lowest BCUT2D eigenvalue weighted by Gasteiger charge is -2.37. The van der Waals surface area contributed by atoms with Crippen molar-refractivity contribution in [3.05, 3.63) is 0 Å². The lowest BCUT2D eigenvalue weighted by atomic mass is 9.99. The van der Waals surface area contributed by atoms with Gasteiger partial charge >= 0.3 is 0 Å². The van der Waals surface area contributed by atoms with E-state index in [1.807, 2.05) is 0 Å². The number of hydrogen-bond acceptors (Lipinski definition) is 5. The van der Waals surface area contributed by atoms with E-state index in [0.29, 0.717) is 25.2 Å². The van der Waals surface area contributed by atoms with Crippen LogP contribution in [0, 0.1) is 11.3 Å². The third-order valence-electron chi connectivity index (χ3n) is 5.02. The molecule has 1 N–H and O–H groups in total. The molecule has 0 radical (unpaired) electrons. The standard InChI is InChI=1S/C14H24N4O2S/c1-21(19,20)18-8-6-17(7-9-18)13-4-5-14(10-13,11-15)16-12-2-3-12/h12-13,16H,2-10H2,1H3. The fourth-order valence-corrected chi connectivity index (χ4v) is 4.44. The number of nitriles is 1. The van der Waals surface area contributed by atoms with Gasteiger partial charge in [0.05, 0.1) is 12.3 Å². The summed E-state index contributed by atoms with van der Waals surface area (Å²) >= 11 is 0. The SMILES string of the molecule is CS(=O)(=O)N1CCN(C2CCC(C#N)(NC3CC3)C2)CC1. The zero-order valence-corrected chi connectivity index (χ0v) is 13.4. The number of nitrogens with one attached hydrogen (secondary N) is 1. The fraction of sp³-hybridized carbons (Fsp3) is 0.929. The summed E-state index contributed by atoms with van der Waals surface area (Å²) in [5.41, 5.74) is -0.347. The van der Waals surface area contributed by atoms with Crippen molar-refractivity contribution in [3.63, 3.8) is 0 Å². The number of sulfonamides is 1. The highest BCUT2D eigenvalue weighted by atomic mass is 32.2. The molecule has 2 unspecified atom stereocenters. The van der Waals surface area contributed by atoms with Gasteiger partial charge in [0.2, 0.25) is 10.0 Å². The van der Waals surface area contributed by atoms with E-state index in [1.54, 1.807) is 4.31 Å². The molecule has 3 aliphatic rings. The number of hydrogen-bond donors (Lipinski definition) is 1. The molecule has 118 valence electrons. The first-order valence-electron chi connectivity index (χ1n) is 7.80. The second-order valence-corrected chi connectivity index (χ2v) is 8.69. The van der Waals surface area contributed by atoms with Gasteiger partial charge in [-0.05, 0) is 32.1 Å². The summed E-state index contributed by atoms with van der Waals surface area (Å²) in [5, 5.41) is 13.1. The second kappa shape index (κ2) is 5.51. The predicted molar refractivity (Wildman–Crippen MR) is 80.1 cm³/mol. The fourth-order valence-electron chi connectivity index (χ4n) is 3.61. The summed E-state index contributed by atoms with van der Waals surface area (Å²) in [7, 11) is -3.07. The van der Waals surface area contributed by atoms with Crippen molar-refractivity contribution in [1.29, 1.82) is 5.26 Å². The summed E-state index contributed by atoms with van der Waals surface area (Å²) < 4.78 is 24.6. The molecule has 0 aromatic carbocycles. The maximum Gasteiger partial charge on any atom is 0.211 e. The van der Waals surface area contributed by atoms with Crippen LogP contribution in [0.15, 0.2) is 0 Å². The zero-order valence-electron chi connectivity index (χ0n) is 12.6. The van der Waals surface area contributed by atoms with Crippen LogP contribution in [0.2, 0.25) is 0 Å². The summed E-state index contributed by atoms with van der Waals surface area (Å²) in [4.78, 5) is 2.37.